The molecular weight excluding hydrogens is 530 g/mol. The molecule has 2 unspecified atom stereocenters. The molecule has 5 rings (SSSR count). The van der Waals surface area contributed by atoms with Crippen LogP contribution in [0.15, 0.2) is 35.5 Å². The fraction of sp³-hybridized carbons (Fsp3) is 0.433. The standard InChI is InChI=1S/C30H34F2N6O3/c1-17-22(14-33-15-24(17)32)26-35-25-18(2)34-28(40-6)36-27(25)38(26)16-21-8-7-20(13-23(21)31)19-9-11-37(12-10-19)29(39)41-30(3,4)5/h7-9,13-15,17,24H,10-12,16H2,1-6H3. The molecule has 216 valence electrons. The van der Waals surface area contributed by atoms with Crippen molar-refractivity contribution < 1.29 is 23.0 Å². The largest absolute Gasteiger partial charge is 0.467 e. The van der Waals surface area contributed by atoms with Crippen molar-refractivity contribution in [2.75, 3.05) is 20.2 Å². The van der Waals surface area contributed by atoms with E-state index in [1.54, 1.807) is 35.6 Å². The Morgan fingerprint density at radius 1 is 1.20 bits per heavy atom. The average molecular weight is 565 g/mol. The van der Waals surface area contributed by atoms with Crippen LogP contribution in [0.25, 0.3) is 22.3 Å². The van der Waals surface area contributed by atoms with Crippen molar-refractivity contribution in [2.45, 2.75) is 59.4 Å². The molecule has 2 aromatic heterocycles. The van der Waals surface area contributed by atoms with Crippen molar-refractivity contribution in [2.24, 2.45) is 10.9 Å². The van der Waals surface area contributed by atoms with Crippen molar-refractivity contribution in [1.29, 1.82) is 0 Å². The normalized spacial score (nSPS) is 19.3. The molecule has 41 heavy (non-hydrogen) atoms. The molecule has 2 aliphatic heterocycles. The predicted molar refractivity (Wildman–Crippen MR) is 153 cm³/mol. The molecule has 0 radical (unpaired) electrons. The van der Waals surface area contributed by atoms with Gasteiger partial charge >= 0.3 is 12.1 Å². The summed E-state index contributed by atoms with van der Waals surface area (Å²) < 4.78 is 42.7. The number of fused-ring (bicyclic) bond motifs is 1. The molecule has 0 bridgehead atoms. The molecule has 2 atom stereocenters. The molecule has 2 aliphatic rings. The molecule has 0 saturated carbocycles. The van der Waals surface area contributed by atoms with Gasteiger partial charge in [0.05, 0.1) is 19.3 Å². The number of aryl methyl sites for hydroxylation is 1. The predicted octanol–water partition coefficient (Wildman–Crippen LogP) is 5.75. The van der Waals surface area contributed by atoms with Gasteiger partial charge in [0.25, 0.3) is 0 Å². The minimum absolute atomic E-state index is 0.105. The second kappa shape index (κ2) is 11.0. The summed E-state index contributed by atoms with van der Waals surface area (Å²) in [6, 6.07) is 5.28. The molecule has 1 aromatic carbocycles. The number of hydrogen-bond acceptors (Lipinski definition) is 7. The van der Waals surface area contributed by atoms with Crippen LogP contribution < -0.4 is 4.74 Å². The minimum Gasteiger partial charge on any atom is -0.467 e. The van der Waals surface area contributed by atoms with E-state index in [0.717, 1.165) is 11.1 Å². The Balaban J connectivity index is 1.46. The summed E-state index contributed by atoms with van der Waals surface area (Å²) >= 11 is 0. The maximum Gasteiger partial charge on any atom is 0.410 e. The van der Waals surface area contributed by atoms with Gasteiger partial charge in [-0.2, -0.15) is 9.97 Å². The van der Waals surface area contributed by atoms with E-state index in [1.807, 2.05) is 32.9 Å². The Bertz CT molecular complexity index is 1590. The Morgan fingerprint density at radius 3 is 2.63 bits per heavy atom. The summed E-state index contributed by atoms with van der Waals surface area (Å²) in [5.74, 6) is -0.433. The number of imidazole rings is 1. The number of rotatable bonds is 5. The summed E-state index contributed by atoms with van der Waals surface area (Å²) in [7, 11) is 1.47. The first kappa shape index (κ1) is 28.4. The third kappa shape index (κ3) is 5.84. The van der Waals surface area contributed by atoms with Crippen LogP contribution in [0.3, 0.4) is 0 Å². The molecular formula is C30H34F2N6O3. The highest BCUT2D eigenvalue weighted by Gasteiger charge is 2.29. The van der Waals surface area contributed by atoms with Gasteiger partial charge in [0.2, 0.25) is 0 Å². The van der Waals surface area contributed by atoms with E-state index in [1.165, 1.54) is 19.4 Å². The summed E-state index contributed by atoms with van der Waals surface area (Å²) in [5, 5.41) is 0. The number of benzene rings is 1. The number of allylic oxidation sites excluding steroid dienone is 1. The van der Waals surface area contributed by atoms with Gasteiger partial charge in [0.1, 0.15) is 28.9 Å². The number of ether oxygens (including phenoxy) is 2. The van der Waals surface area contributed by atoms with Crippen LogP contribution in [0.5, 0.6) is 6.01 Å². The molecule has 0 fully saturated rings. The lowest BCUT2D eigenvalue weighted by molar-refractivity contribution is 0.0270. The maximum absolute atomic E-state index is 15.6. The number of aromatic nitrogens is 4. The molecule has 3 aromatic rings. The first-order valence-electron chi connectivity index (χ1n) is 13.6. The Hall–Kier alpha value is -4.15. The summed E-state index contributed by atoms with van der Waals surface area (Å²) in [4.78, 5) is 31.7. The summed E-state index contributed by atoms with van der Waals surface area (Å²) in [5.41, 5.74) is 3.74. The van der Waals surface area contributed by atoms with Gasteiger partial charge < -0.3 is 18.9 Å². The minimum atomic E-state index is -1.27. The van der Waals surface area contributed by atoms with Gasteiger partial charge in [-0.15, -0.1) is 0 Å². The maximum atomic E-state index is 15.6. The van der Waals surface area contributed by atoms with Gasteiger partial charge in [-0.3, -0.25) is 4.99 Å². The lowest BCUT2D eigenvalue weighted by Crippen LogP contribution is -2.39. The second-order valence-corrected chi connectivity index (χ2v) is 11.3. The lowest BCUT2D eigenvalue weighted by Gasteiger charge is -2.29. The summed E-state index contributed by atoms with van der Waals surface area (Å²) in [6.45, 7) is 10.0. The highest BCUT2D eigenvalue weighted by Crippen LogP contribution is 2.33. The number of nitrogens with zero attached hydrogens (tertiary/aromatic N) is 6. The van der Waals surface area contributed by atoms with E-state index in [0.29, 0.717) is 53.3 Å². The van der Waals surface area contributed by atoms with Crippen molar-refractivity contribution in [3.8, 4) is 6.01 Å². The highest BCUT2D eigenvalue weighted by molar-refractivity contribution is 5.82. The fourth-order valence-corrected chi connectivity index (χ4v) is 4.93. The van der Waals surface area contributed by atoms with E-state index < -0.39 is 23.5 Å². The third-order valence-electron chi connectivity index (χ3n) is 7.21. The molecule has 4 heterocycles. The van der Waals surface area contributed by atoms with Gasteiger partial charge in [-0.1, -0.05) is 25.1 Å². The fourth-order valence-electron chi connectivity index (χ4n) is 4.93. The Morgan fingerprint density at radius 2 is 1.98 bits per heavy atom. The number of amides is 1. The van der Waals surface area contributed by atoms with Gasteiger partial charge in [-0.05, 0) is 51.3 Å². The van der Waals surface area contributed by atoms with Crippen molar-refractivity contribution in [1.82, 2.24) is 24.4 Å². The van der Waals surface area contributed by atoms with Gasteiger partial charge in [0, 0.05) is 42.6 Å². The van der Waals surface area contributed by atoms with Crippen LogP contribution in [0, 0.1) is 18.7 Å². The van der Waals surface area contributed by atoms with E-state index in [2.05, 4.69) is 15.0 Å². The SMILES string of the molecule is COc1nc(C)c2nc(C3=CN=CC(F)C3C)n(Cc3ccc(C4=CCN(C(=O)OC(C)(C)C)CC4)cc3F)c2n1. The average Bonchev–Trinajstić information content (AvgIpc) is 3.28. The smallest absolute Gasteiger partial charge is 0.410 e. The van der Waals surface area contributed by atoms with Crippen LogP contribution >= 0.6 is 0 Å². The topological polar surface area (TPSA) is 94.7 Å². The van der Waals surface area contributed by atoms with Crippen LogP contribution in [0.2, 0.25) is 0 Å². The number of carbonyl (C=O) groups excluding carboxylic acids is 1. The van der Waals surface area contributed by atoms with E-state index in [4.69, 9.17) is 14.5 Å². The zero-order valence-corrected chi connectivity index (χ0v) is 24.1. The number of hydrogen-bond donors (Lipinski definition) is 0. The highest BCUT2D eigenvalue weighted by atomic mass is 19.1. The molecule has 0 aliphatic carbocycles. The van der Waals surface area contributed by atoms with Gasteiger partial charge in [-0.25, -0.2) is 18.6 Å². The lowest BCUT2D eigenvalue weighted by atomic mass is 9.95. The van der Waals surface area contributed by atoms with Crippen LogP contribution in [-0.4, -0.2) is 68.7 Å². The van der Waals surface area contributed by atoms with Crippen LogP contribution in [0.4, 0.5) is 13.6 Å². The number of carbonyl (C=O) groups is 1. The molecule has 11 heteroatoms. The summed E-state index contributed by atoms with van der Waals surface area (Å²) in [6.07, 6.45) is 3.74. The second-order valence-electron chi connectivity index (χ2n) is 11.3. The first-order chi connectivity index (χ1) is 19.4. The van der Waals surface area contributed by atoms with Crippen molar-refractivity contribution >= 4 is 34.6 Å². The third-order valence-corrected chi connectivity index (χ3v) is 7.21. The van der Waals surface area contributed by atoms with E-state index >= 15 is 4.39 Å². The number of aliphatic imine (C=N–C) groups is 1. The van der Waals surface area contributed by atoms with Crippen molar-refractivity contribution in [3.63, 3.8) is 0 Å². The zero-order valence-electron chi connectivity index (χ0n) is 24.1. The quantitative estimate of drug-likeness (QED) is 0.392. The van der Waals surface area contributed by atoms with E-state index in [-0.39, 0.29) is 18.6 Å². The Kier molecular flexibility index (Phi) is 7.63. The number of methoxy groups -OCH3 is 1. The Labute approximate surface area is 237 Å². The van der Waals surface area contributed by atoms with Gasteiger partial charge in [0.15, 0.2) is 5.65 Å². The van der Waals surface area contributed by atoms with Crippen molar-refractivity contribution in [3.05, 3.63) is 58.9 Å². The molecule has 0 saturated heterocycles. The number of halogens is 2. The monoisotopic (exact) mass is 564 g/mol. The zero-order chi connectivity index (χ0) is 29.5. The van der Waals surface area contributed by atoms with Crippen LogP contribution in [-0.2, 0) is 11.3 Å². The first-order valence-corrected chi connectivity index (χ1v) is 13.6. The molecule has 0 N–H and O–H groups in total. The van der Waals surface area contributed by atoms with Crippen LogP contribution in [0.1, 0.15) is 56.8 Å². The molecule has 0 spiro atoms. The van der Waals surface area contributed by atoms with E-state index in [9.17, 15) is 9.18 Å². The molecule has 1 amide bonds. The molecule has 9 nitrogen and oxygen atoms in total. The number of alkyl halides is 1.